The Morgan fingerprint density at radius 3 is 2.79 bits per heavy atom. The molecule has 1 aliphatic heterocycles. The molecule has 7 heteroatoms. The Hall–Kier alpha value is -2.18. The zero-order valence-corrected chi connectivity index (χ0v) is 10.1. The van der Waals surface area contributed by atoms with E-state index in [4.69, 9.17) is 5.11 Å². The lowest BCUT2D eigenvalue weighted by Crippen LogP contribution is -2.45. The Morgan fingerprint density at radius 1 is 1.47 bits per heavy atom. The van der Waals surface area contributed by atoms with Crippen molar-refractivity contribution in [1.82, 2.24) is 0 Å². The maximum atomic E-state index is 13.9. The third-order valence-corrected chi connectivity index (χ3v) is 3.24. The fraction of sp³-hybridized carbons (Fsp3) is 0.417. The lowest BCUT2D eigenvalue weighted by atomic mass is 10.0. The lowest BCUT2D eigenvalue weighted by Gasteiger charge is -2.34. The first-order valence-corrected chi connectivity index (χ1v) is 5.94. The molecule has 0 radical (unpaired) electrons. The van der Waals surface area contributed by atoms with E-state index in [1.54, 1.807) is 0 Å². The molecule has 1 aromatic carbocycles. The monoisotopic (exact) mass is 268 g/mol. The zero-order chi connectivity index (χ0) is 14.0. The summed E-state index contributed by atoms with van der Waals surface area (Å²) in [6, 6.07) is 2.51. The number of non-ortho nitro benzene ring substituents is 1. The number of anilines is 1. The highest BCUT2D eigenvalue weighted by Gasteiger charge is 2.30. The predicted molar refractivity (Wildman–Crippen MR) is 65.7 cm³/mol. The number of piperidine rings is 1. The Kier molecular flexibility index (Phi) is 3.64. The fourth-order valence-corrected chi connectivity index (χ4v) is 2.32. The van der Waals surface area contributed by atoms with Crippen molar-refractivity contribution in [2.75, 3.05) is 11.4 Å². The van der Waals surface area contributed by atoms with Crippen LogP contribution in [-0.2, 0) is 4.79 Å². The Bertz CT molecular complexity index is 520. The van der Waals surface area contributed by atoms with E-state index in [0.29, 0.717) is 13.0 Å². The quantitative estimate of drug-likeness (QED) is 0.671. The predicted octanol–water partition coefficient (Wildman–Crippen LogP) is 2.18. The van der Waals surface area contributed by atoms with Crippen LogP contribution in [0.15, 0.2) is 18.2 Å². The summed E-state index contributed by atoms with van der Waals surface area (Å²) in [6.07, 6.45) is 2.01. The van der Waals surface area contributed by atoms with Crippen LogP contribution in [0.25, 0.3) is 0 Å². The van der Waals surface area contributed by atoms with Crippen LogP contribution in [0.5, 0.6) is 0 Å². The van der Waals surface area contributed by atoms with E-state index in [2.05, 4.69) is 0 Å². The number of carboxylic acid groups (broad SMARTS) is 1. The van der Waals surface area contributed by atoms with Gasteiger partial charge in [0.05, 0.1) is 16.7 Å². The fourth-order valence-electron chi connectivity index (χ4n) is 2.32. The van der Waals surface area contributed by atoms with Gasteiger partial charge in [-0.3, -0.25) is 10.1 Å². The van der Waals surface area contributed by atoms with Crippen molar-refractivity contribution < 1.29 is 19.2 Å². The van der Waals surface area contributed by atoms with Crippen molar-refractivity contribution in [1.29, 1.82) is 0 Å². The minimum absolute atomic E-state index is 0.109. The molecular weight excluding hydrogens is 255 g/mol. The molecule has 0 unspecified atom stereocenters. The number of halogens is 1. The topological polar surface area (TPSA) is 83.7 Å². The van der Waals surface area contributed by atoms with Crippen molar-refractivity contribution in [3.8, 4) is 0 Å². The molecule has 1 N–H and O–H groups in total. The molecule has 0 amide bonds. The number of hydrogen-bond donors (Lipinski definition) is 1. The van der Waals surface area contributed by atoms with Crippen LogP contribution < -0.4 is 4.90 Å². The summed E-state index contributed by atoms with van der Waals surface area (Å²) in [7, 11) is 0. The summed E-state index contributed by atoms with van der Waals surface area (Å²) in [4.78, 5) is 22.5. The number of aliphatic carboxylic acids is 1. The van der Waals surface area contributed by atoms with E-state index < -0.39 is 22.8 Å². The van der Waals surface area contributed by atoms with Gasteiger partial charge >= 0.3 is 5.97 Å². The number of benzene rings is 1. The SMILES string of the molecule is O=C(O)[C@H]1CCCCN1c1ccc([N+](=O)[O-])cc1F. The number of carboxylic acids is 1. The summed E-state index contributed by atoms with van der Waals surface area (Å²) in [6.45, 7) is 0.436. The largest absolute Gasteiger partial charge is 0.480 e. The van der Waals surface area contributed by atoms with Gasteiger partial charge in [-0.05, 0) is 25.3 Å². The van der Waals surface area contributed by atoms with E-state index in [1.807, 2.05) is 0 Å². The molecule has 1 saturated heterocycles. The van der Waals surface area contributed by atoms with Gasteiger partial charge in [0.1, 0.15) is 6.04 Å². The van der Waals surface area contributed by atoms with Crippen LogP contribution in [0.1, 0.15) is 19.3 Å². The van der Waals surface area contributed by atoms with Gasteiger partial charge in [0, 0.05) is 12.6 Å². The molecule has 1 fully saturated rings. The van der Waals surface area contributed by atoms with Gasteiger partial charge in [-0.15, -0.1) is 0 Å². The highest BCUT2D eigenvalue weighted by atomic mass is 19.1. The highest BCUT2D eigenvalue weighted by molar-refractivity contribution is 5.78. The molecule has 1 heterocycles. The first kappa shape index (κ1) is 13.3. The summed E-state index contributed by atoms with van der Waals surface area (Å²) in [5.74, 6) is -1.76. The van der Waals surface area contributed by atoms with Gasteiger partial charge < -0.3 is 10.0 Å². The average molecular weight is 268 g/mol. The Morgan fingerprint density at radius 2 is 2.21 bits per heavy atom. The summed E-state index contributed by atoms with van der Waals surface area (Å²) >= 11 is 0. The smallest absolute Gasteiger partial charge is 0.326 e. The first-order chi connectivity index (χ1) is 9.00. The number of nitro groups is 1. The van der Waals surface area contributed by atoms with Crippen molar-refractivity contribution in [2.24, 2.45) is 0 Å². The molecule has 0 aromatic heterocycles. The summed E-state index contributed by atoms with van der Waals surface area (Å²) in [5.41, 5.74) is -0.233. The third kappa shape index (κ3) is 2.64. The van der Waals surface area contributed by atoms with Crippen LogP contribution in [-0.4, -0.2) is 28.6 Å². The Labute approximate surface area is 108 Å². The van der Waals surface area contributed by atoms with Crippen LogP contribution in [0.4, 0.5) is 15.8 Å². The molecule has 1 atom stereocenters. The van der Waals surface area contributed by atoms with Gasteiger partial charge in [-0.25, -0.2) is 9.18 Å². The van der Waals surface area contributed by atoms with Crippen molar-refractivity contribution in [3.05, 3.63) is 34.1 Å². The normalized spacial score (nSPS) is 19.2. The minimum Gasteiger partial charge on any atom is -0.480 e. The van der Waals surface area contributed by atoms with Gasteiger partial charge in [-0.1, -0.05) is 0 Å². The van der Waals surface area contributed by atoms with E-state index in [9.17, 15) is 19.3 Å². The lowest BCUT2D eigenvalue weighted by molar-refractivity contribution is -0.385. The molecule has 1 aromatic rings. The number of carbonyl (C=O) groups is 1. The number of rotatable bonds is 3. The molecule has 19 heavy (non-hydrogen) atoms. The molecule has 0 saturated carbocycles. The maximum absolute atomic E-state index is 13.9. The first-order valence-electron chi connectivity index (χ1n) is 5.94. The van der Waals surface area contributed by atoms with E-state index in [1.165, 1.54) is 17.0 Å². The molecule has 1 aliphatic rings. The number of nitro benzene ring substituents is 1. The van der Waals surface area contributed by atoms with Crippen LogP contribution in [0, 0.1) is 15.9 Å². The third-order valence-electron chi connectivity index (χ3n) is 3.24. The zero-order valence-electron chi connectivity index (χ0n) is 10.1. The van der Waals surface area contributed by atoms with Gasteiger partial charge in [-0.2, -0.15) is 0 Å². The maximum Gasteiger partial charge on any atom is 0.326 e. The second kappa shape index (κ2) is 5.21. The number of hydrogen-bond acceptors (Lipinski definition) is 4. The van der Waals surface area contributed by atoms with E-state index in [-0.39, 0.29) is 11.4 Å². The molecule has 0 spiro atoms. The van der Waals surface area contributed by atoms with Gasteiger partial charge in [0.15, 0.2) is 5.82 Å². The second-order valence-corrected chi connectivity index (χ2v) is 4.44. The van der Waals surface area contributed by atoms with E-state index >= 15 is 0 Å². The molecule has 2 rings (SSSR count). The van der Waals surface area contributed by atoms with Crippen molar-refractivity contribution >= 4 is 17.3 Å². The molecular formula is C12H13FN2O4. The average Bonchev–Trinajstić information content (AvgIpc) is 2.38. The molecule has 6 nitrogen and oxygen atoms in total. The van der Waals surface area contributed by atoms with Crippen LogP contribution in [0.3, 0.4) is 0 Å². The standard InChI is InChI=1S/C12H13FN2O4/c13-9-7-8(15(18)19)4-5-10(9)14-6-2-1-3-11(14)12(16)17/h4-5,7,11H,1-3,6H2,(H,16,17)/t11-/m1/s1. The van der Waals surface area contributed by atoms with Crippen LogP contribution in [0.2, 0.25) is 0 Å². The van der Waals surface area contributed by atoms with E-state index in [0.717, 1.165) is 18.9 Å². The van der Waals surface area contributed by atoms with Crippen LogP contribution >= 0.6 is 0 Å². The number of nitrogens with zero attached hydrogens (tertiary/aromatic N) is 2. The second-order valence-electron chi connectivity index (χ2n) is 4.44. The summed E-state index contributed by atoms with van der Waals surface area (Å²) in [5, 5.41) is 19.7. The van der Waals surface area contributed by atoms with Crippen molar-refractivity contribution in [2.45, 2.75) is 25.3 Å². The van der Waals surface area contributed by atoms with Gasteiger partial charge in [0.25, 0.3) is 5.69 Å². The van der Waals surface area contributed by atoms with Gasteiger partial charge in [0.2, 0.25) is 0 Å². The van der Waals surface area contributed by atoms with Crippen molar-refractivity contribution in [3.63, 3.8) is 0 Å². The molecule has 0 bridgehead atoms. The minimum atomic E-state index is -1.00. The molecule has 0 aliphatic carbocycles. The highest BCUT2D eigenvalue weighted by Crippen LogP contribution is 2.29. The Balaban J connectivity index is 2.34. The summed E-state index contributed by atoms with van der Waals surface area (Å²) < 4.78 is 13.9. The molecule has 102 valence electrons.